The van der Waals surface area contributed by atoms with E-state index in [9.17, 15) is 9.90 Å². The Morgan fingerprint density at radius 1 is 1.03 bits per heavy atom. The lowest BCUT2D eigenvalue weighted by molar-refractivity contribution is 0.103. The lowest BCUT2D eigenvalue weighted by Crippen LogP contribution is -2.09. The van der Waals surface area contributed by atoms with Gasteiger partial charge in [-0.2, -0.15) is 5.10 Å². The number of anilines is 2. The van der Waals surface area contributed by atoms with Crippen molar-refractivity contribution in [3.8, 4) is 17.0 Å². The highest BCUT2D eigenvalue weighted by Gasteiger charge is 2.16. The average Bonchev–Trinajstić information content (AvgIpc) is 3.41. The standard InChI is InChI=1S/C21H16N4O2S2/c26-16-10-8-14(9-11-16)13-22-25-21-23-18(15-5-2-1-3-6-15)20(29-21)24-19(27)17-7-4-12-28-17/h1-13,26H,(H,23,25)(H,24,27)/b22-13-. The SMILES string of the molecule is O=C(Nc1sc(N/N=C\c2ccc(O)cc2)nc1-c1ccccc1)c1cccs1. The second-order valence-electron chi connectivity index (χ2n) is 5.96. The van der Waals surface area contributed by atoms with Gasteiger partial charge in [-0.1, -0.05) is 47.7 Å². The maximum absolute atomic E-state index is 12.5. The van der Waals surface area contributed by atoms with Crippen molar-refractivity contribution in [2.24, 2.45) is 5.10 Å². The number of phenolic OH excluding ortho intramolecular Hbond substituents is 1. The first-order valence-corrected chi connectivity index (χ1v) is 10.4. The second kappa shape index (κ2) is 8.68. The molecule has 3 N–H and O–H groups in total. The normalized spacial score (nSPS) is 10.9. The number of hydrazone groups is 1. The van der Waals surface area contributed by atoms with Crippen LogP contribution in [0.25, 0.3) is 11.3 Å². The van der Waals surface area contributed by atoms with E-state index in [0.717, 1.165) is 11.1 Å². The fourth-order valence-corrected chi connectivity index (χ4v) is 3.99. The van der Waals surface area contributed by atoms with Gasteiger partial charge in [-0.05, 0) is 41.3 Å². The number of aromatic nitrogens is 1. The third kappa shape index (κ3) is 4.68. The molecule has 29 heavy (non-hydrogen) atoms. The van der Waals surface area contributed by atoms with Crippen LogP contribution < -0.4 is 10.7 Å². The number of thiophene rings is 1. The molecule has 0 aliphatic carbocycles. The number of hydrogen-bond acceptors (Lipinski definition) is 7. The lowest BCUT2D eigenvalue weighted by atomic mass is 10.2. The molecule has 2 aromatic heterocycles. The van der Waals surface area contributed by atoms with Gasteiger partial charge in [0.1, 0.15) is 16.4 Å². The van der Waals surface area contributed by atoms with Crippen LogP contribution in [0.15, 0.2) is 77.2 Å². The van der Waals surface area contributed by atoms with E-state index in [1.54, 1.807) is 36.5 Å². The number of hydrogen-bond donors (Lipinski definition) is 3. The summed E-state index contributed by atoms with van der Waals surface area (Å²) in [6.07, 6.45) is 1.63. The summed E-state index contributed by atoms with van der Waals surface area (Å²) in [6.45, 7) is 0. The number of carbonyl (C=O) groups excluding carboxylic acids is 1. The highest BCUT2D eigenvalue weighted by molar-refractivity contribution is 7.20. The van der Waals surface area contributed by atoms with Crippen molar-refractivity contribution < 1.29 is 9.90 Å². The molecule has 8 heteroatoms. The summed E-state index contributed by atoms with van der Waals surface area (Å²) < 4.78 is 0. The number of amides is 1. The molecule has 0 fully saturated rings. The van der Waals surface area contributed by atoms with Gasteiger partial charge in [0.05, 0.1) is 11.1 Å². The van der Waals surface area contributed by atoms with Crippen LogP contribution in [0.3, 0.4) is 0 Å². The molecule has 0 atom stereocenters. The van der Waals surface area contributed by atoms with Crippen molar-refractivity contribution in [2.45, 2.75) is 0 Å². The topological polar surface area (TPSA) is 86.6 Å². The van der Waals surface area contributed by atoms with Gasteiger partial charge >= 0.3 is 0 Å². The molecular formula is C21H16N4O2S2. The Kier molecular flexibility index (Phi) is 5.64. The molecule has 0 radical (unpaired) electrons. The molecule has 0 unspecified atom stereocenters. The van der Waals surface area contributed by atoms with Crippen molar-refractivity contribution >= 4 is 44.9 Å². The predicted molar refractivity (Wildman–Crippen MR) is 119 cm³/mol. The van der Waals surface area contributed by atoms with Crippen LogP contribution in [0.4, 0.5) is 10.1 Å². The number of rotatable bonds is 6. The summed E-state index contributed by atoms with van der Waals surface area (Å²) in [6, 6.07) is 20.0. The molecule has 0 aliphatic rings. The smallest absolute Gasteiger partial charge is 0.266 e. The maximum Gasteiger partial charge on any atom is 0.266 e. The Morgan fingerprint density at radius 2 is 1.83 bits per heavy atom. The number of nitrogens with zero attached hydrogens (tertiary/aromatic N) is 2. The highest BCUT2D eigenvalue weighted by Crippen LogP contribution is 2.36. The van der Waals surface area contributed by atoms with E-state index >= 15 is 0 Å². The summed E-state index contributed by atoms with van der Waals surface area (Å²) in [5.41, 5.74) is 5.33. The molecular weight excluding hydrogens is 404 g/mol. The third-order valence-electron chi connectivity index (χ3n) is 3.91. The number of phenols is 1. The van der Waals surface area contributed by atoms with Crippen LogP contribution >= 0.6 is 22.7 Å². The number of carbonyl (C=O) groups is 1. The van der Waals surface area contributed by atoms with Gasteiger partial charge in [0.2, 0.25) is 5.13 Å². The second-order valence-corrected chi connectivity index (χ2v) is 7.90. The largest absolute Gasteiger partial charge is 0.508 e. The summed E-state index contributed by atoms with van der Waals surface area (Å²) in [5, 5.41) is 19.6. The third-order valence-corrected chi connectivity index (χ3v) is 5.66. The zero-order valence-electron chi connectivity index (χ0n) is 15.1. The van der Waals surface area contributed by atoms with Crippen LogP contribution in [0.2, 0.25) is 0 Å². The Balaban J connectivity index is 1.57. The Labute approximate surface area is 175 Å². The Hall–Kier alpha value is -3.49. The van der Waals surface area contributed by atoms with Crippen LogP contribution in [0, 0.1) is 0 Å². The van der Waals surface area contributed by atoms with E-state index in [-0.39, 0.29) is 11.7 Å². The first-order valence-electron chi connectivity index (χ1n) is 8.68. The van der Waals surface area contributed by atoms with E-state index in [2.05, 4.69) is 20.8 Å². The molecule has 0 saturated carbocycles. The molecule has 0 aliphatic heterocycles. The van der Waals surface area contributed by atoms with Crippen LogP contribution in [0.5, 0.6) is 5.75 Å². The molecule has 4 rings (SSSR count). The molecule has 2 aromatic carbocycles. The number of benzene rings is 2. The van der Waals surface area contributed by atoms with E-state index in [1.807, 2.05) is 41.8 Å². The monoisotopic (exact) mass is 420 g/mol. The minimum atomic E-state index is -0.167. The summed E-state index contributed by atoms with van der Waals surface area (Å²) in [4.78, 5) is 17.7. The lowest BCUT2D eigenvalue weighted by Gasteiger charge is -2.03. The summed E-state index contributed by atoms with van der Waals surface area (Å²) in [5.74, 6) is 0.0358. The fourth-order valence-electron chi connectivity index (χ4n) is 2.54. The minimum Gasteiger partial charge on any atom is -0.508 e. The molecule has 4 aromatic rings. The first-order chi connectivity index (χ1) is 14.2. The van der Waals surface area contributed by atoms with E-state index in [0.29, 0.717) is 20.7 Å². The van der Waals surface area contributed by atoms with Crippen molar-refractivity contribution in [2.75, 3.05) is 10.7 Å². The van der Waals surface area contributed by atoms with E-state index in [1.165, 1.54) is 22.7 Å². The van der Waals surface area contributed by atoms with Crippen LogP contribution in [-0.2, 0) is 0 Å². The maximum atomic E-state index is 12.5. The van der Waals surface area contributed by atoms with Gasteiger partial charge in [-0.15, -0.1) is 11.3 Å². The minimum absolute atomic E-state index is 0.167. The van der Waals surface area contributed by atoms with Gasteiger partial charge in [0.25, 0.3) is 5.91 Å². The van der Waals surface area contributed by atoms with Crippen molar-refractivity contribution in [1.29, 1.82) is 0 Å². The first kappa shape index (κ1) is 18.9. The highest BCUT2D eigenvalue weighted by atomic mass is 32.1. The number of thiazole rings is 1. The zero-order valence-corrected chi connectivity index (χ0v) is 16.7. The molecule has 1 amide bonds. The molecule has 144 valence electrons. The van der Waals surface area contributed by atoms with Crippen LogP contribution in [-0.4, -0.2) is 22.2 Å². The fraction of sp³-hybridized carbons (Fsp3) is 0. The average molecular weight is 421 g/mol. The Morgan fingerprint density at radius 3 is 2.55 bits per heavy atom. The summed E-state index contributed by atoms with van der Waals surface area (Å²) >= 11 is 2.70. The van der Waals surface area contributed by atoms with Crippen molar-refractivity contribution in [3.05, 3.63) is 82.6 Å². The number of aromatic hydroxyl groups is 1. The molecule has 0 bridgehead atoms. The Bertz CT molecular complexity index is 1120. The van der Waals surface area contributed by atoms with Crippen LogP contribution in [0.1, 0.15) is 15.2 Å². The predicted octanol–water partition coefficient (Wildman–Crippen LogP) is 5.28. The van der Waals surface area contributed by atoms with Crippen molar-refractivity contribution in [1.82, 2.24) is 4.98 Å². The van der Waals surface area contributed by atoms with Gasteiger partial charge in [0.15, 0.2) is 0 Å². The zero-order chi connectivity index (χ0) is 20.1. The molecule has 0 saturated heterocycles. The van der Waals surface area contributed by atoms with Gasteiger partial charge in [0, 0.05) is 5.56 Å². The van der Waals surface area contributed by atoms with Gasteiger partial charge in [-0.3, -0.25) is 10.2 Å². The van der Waals surface area contributed by atoms with E-state index < -0.39 is 0 Å². The van der Waals surface area contributed by atoms with Gasteiger partial charge in [-0.25, -0.2) is 4.98 Å². The molecule has 6 nitrogen and oxygen atoms in total. The molecule has 2 heterocycles. The van der Waals surface area contributed by atoms with Gasteiger partial charge < -0.3 is 10.4 Å². The summed E-state index contributed by atoms with van der Waals surface area (Å²) in [7, 11) is 0. The van der Waals surface area contributed by atoms with E-state index in [4.69, 9.17) is 0 Å². The quantitative estimate of drug-likeness (QED) is 0.293. The van der Waals surface area contributed by atoms with Crippen molar-refractivity contribution in [3.63, 3.8) is 0 Å². The number of nitrogens with one attached hydrogen (secondary N) is 2. The molecule has 0 spiro atoms.